The topological polar surface area (TPSA) is 43.4 Å². The van der Waals surface area contributed by atoms with Crippen molar-refractivity contribution in [3.63, 3.8) is 0 Å². The molecule has 0 aliphatic carbocycles. The van der Waals surface area contributed by atoms with Crippen molar-refractivity contribution in [3.05, 3.63) is 11.6 Å². The van der Waals surface area contributed by atoms with Gasteiger partial charge in [0.1, 0.15) is 5.78 Å². The highest BCUT2D eigenvalue weighted by Crippen LogP contribution is 2.00. The van der Waals surface area contributed by atoms with Crippen LogP contribution in [-0.2, 0) is 14.3 Å². The van der Waals surface area contributed by atoms with Gasteiger partial charge in [0.25, 0.3) is 0 Å². The maximum Gasteiger partial charge on any atom is 0.306 e. The van der Waals surface area contributed by atoms with Crippen LogP contribution >= 0.6 is 0 Å². The Bertz CT molecular complexity index is 225. The molecule has 0 rings (SSSR count). The van der Waals surface area contributed by atoms with E-state index in [0.717, 1.165) is 5.57 Å². The molecule has 0 aliphatic heterocycles. The van der Waals surface area contributed by atoms with Gasteiger partial charge in [0.05, 0.1) is 13.0 Å². The highest BCUT2D eigenvalue weighted by Gasteiger charge is 2.05. The minimum absolute atomic E-state index is 0.0826. The maximum atomic E-state index is 11.2. The van der Waals surface area contributed by atoms with Crippen LogP contribution < -0.4 is 0 Å². The molecular weight excluding hydrogens is 180 g/mol. The Balaban J connectivity index is 3.64. The quantitative estimate of drug-likeness (QED) is 0.485. The first-order valence-corrected chi connectivity index (χ1v) is 4.87. The number of Topliss-reactive ketones (excluding diaryl/α,β-unsaturated/α-hetero) is 1. The summed E-state index contributed by atoms with van der Waals surface area (Å²) in [6, 6.07) is 0. The number of esters is 1. The zero-order chi connectivity index (χ0) is 11.0. The molecule has 3 heteroatoms. The van der Waals surface area contributed by atoms with Crippen molar-refractivity contribution in [1.82, 2.24) is 0 Å². The van der Waals surface area contributed by atoms with E-state index in [2.05, 4.69) is 0 Å². The third kappa shape index (κ3) is 7.53. The number of allylic oxidation sites excluding steroid dienone is 2. The average Bonchev–Trinajstić information content (AvgIpc) is 2.12. The van der Waals surface area contributed by atoms with Crippen LogP contribution in [0.4, 0.5) is 0 Å². The highest BCUT2D eigenvalue weighted by molar-refractivity contribution is 5.83. The van der Waals surface area contributed by atoms with Gasteiger partial charge in [0.2, 0.25) is 0 Å². The summed E-state index contributed by atoms with van der Waals surface area (Å²) >= 11 is 0. The third-order valence-corrected chi connectivity index (χ3v) is 1.65. The Hall–Kier alpha value is -1.12. The Morgan fingerprint density at radius 1 is 1.21 bits per heavy atom. The fourth-order valence-electron chi connectivity index (χ4n) is 0.895. The molecule has 0 saturated heterocycles. The SMILES string of the molecule is CCOC(=O)CCC(=O)CC=C(C)C. The summed E-state index contributed by atoms with van der Waals surface area (Å²) in [4.78, 5) is 22.1. The standard InChI is InChI=1S/C11H18O3/c1-4-14-11(13)8-7-10(12)6-5-9(2)3/h5H,4,6-8H2,1-3H3. The van der Waals surface area contributed by atoms with E-state index < -0.39 is 0 Å². The van der Waals surface area contributed by atoms with E-state index in [0.29, 0.717) is 13.0 Å². The molecule has 0 bridgehead atoms. The van der Waals surface area contributed by atoms with Crippen LogP contribution in [0.1, 0.15) is 40.0 Å². The smallest absolute Gasteiger partial charge is 0.306 e. The first kappa shape index (κ1) is 12.9. The van der Waals surface area contributed by atoms with Gasteiger partial charge in [0.15, 0.2) is 0 Å². The van der Waals surface area contributed by atoms with E-state index in [-0.39, 0.29) is 24.6 Å². The third-order valence-electron chi connectivity index (χ3n) is 1.65. The number of carbonyl (C=O) groups excluding carboxylic acids is 2. The van der Waals surface area contributed by atoms with Gasteiger partial charge in [-0.1, -0.05) is 11.6 Å². The first-order chi connectivity index (χ1) is 6.56. The molecule has 0 unspecified atom stereocenters. The molecule has 3 nitrogen and oxygen atoms in total. The first-order valence-electron chi connectivity index (χ1n) is 4.87. The van der Waals surface area contributed by atoms with Crippen molar-refractivity contribution in [2.45, 2.75) is 40.0 Å². The van der Waals surface area contributed by atoms with E-state index in [1.807, 2.05) is 19.9 Å². The van der Waals surface area contributed by atoms with Crippen molar-refractivity contribution >= 4 is 11.8 Å². The van der Waals surface area contributed by atoms with Crippen LogP contribution in [0.25, 0.3) is 0 Å². The van der Waals surface area contributed by atoms with Gasteiger partial charge in [0, 0.05) is 12.8 Å². The van der Waals surface area contributed by atoms with Crippen molar-refractivity contribution in [2.75, 3.05) is 6.61 Å². The molecule has 0 atom stereocenters. The number of ether oxygens (including phenoxy) is 1. The number of ketones is 1. The monoisotopic (exact) mass is 198 g/mol. The summed E-state index contributed by atoms with van der Waals surface area (Å²) in [6.45, 7) is 6.02. The lowest BCUT2D eigenvalue weighted by Gasteiger charge is -2.00. The molecule has 0 spiro atoms. The largest absolute Gasteiger partial charge is 0.466 e. The van der Waals surface area contributed by atoms with Gasteiger partial charge in [-0.15, -0.1) is 0 Å². The Labute approximate surface area is 85.1 Å². The Morgan fingerprint density at radius 2 is 1.86 bits per heavy atom. The van der Waals surface area contributed by atoms with Crippen LogP contribution in [0.15, 0.2) is 11.6 Å². The zero-order valence-corrected chi connectivity index (χ0v) is 9.13. The van der Waals surface area contributed by atoms with Crippen LogP contribution in [0.5, 0.6) is 0 Å². The number of hydrogen-bond acceptors (Lipinski definition) is 3. The minimum Gasteiger partial charge on any atom is -0.466 e. The Kier molecular flexibility index (Phi) is 6.72. The number of carbonyl (C=O) groups is 2. The van der Waals surface area contributed by atoms with Gasteiger partial charge in [-0.25, -0.2) is 0 Å². The summed E-state index contributed by atoms with van der Waals surface area (Å²) in [5.41, 5.74) is 1.12. The summed E-state index contributed by atoms with van der Waals surface area (Å²) in [7, 11) is 0. The maximum absolute atomic E-state index is 11.2. The van der Waals surface area contributed by atoms with E-state index in [1.54, 1.807) is 6.92 Å². The molecule has 0 N–H and O–H groups in total. The van der Waals surface area contributed by atoms with Gasteiger partial charge < -0.3 is 4.74 Å². The molecule has 0 aromatic carbocycles. The van der Waals surface area contributed by atoms with Crippen LogP contribution in [-0.4, -0.2) is 18.4 Å². The van der Waals surface area contributed by atoms with E-state index in [9.17, 15) is 9.59 Å². The fourth-order valence-corrected chi connectivity index (χ4v) is 0.895. The van der Waals surface area contributed by atoms with Gasteiger partial charge in [-0.2, -0.15) is 0 Å². The Morgan fingerprint density at radius 3 is 2.36 bits per heavy atom. The van der Waals surface area contributed by atoms with Crippen molar-refractivity contribution in [2.24, 2.45) is 0 Å². The lowest BCUT2D eigenvalue weighted by Crippen LogP contribution is -2.07. The highest BCUT2D eigenvalue weighted by atomic mass is 16.5. The molecule has 0 aromatic rings. The van der Waals surface area contributed by atoms with Crippen LogP contribution in [0.2, 0.25) is 0 Å². The van der Waals surface area contributed by atoms with Crippen LogP contribution in [0.3, 0.4) is 0 Å². The summed E-state index contributed by atoms with van der Waals surface area (Å²) in [5.74, 6) is -0.211. The van der Waals surface area contributed by atoms with Crippen molar-refractivity contribution in [3.8, 4) is 0 Å². The molecule has 80 valence electrons. The van der Waals surface area contributed by atoms with Crippen LogP contribution in [0, 0.1) is 0 Å². The molecule has 0 amide bonds. The number of hydrogen-bond donors (Lipinski definition) is 0. The minimum atomic E-state index is -0.293. The van der Waals surface area contributed by atoms with Gasteiger partial charge in [-0.3, -0.25) is 9.59 Å². The fraction of sp³-hybridized carbons (Fsp3) is 0.636. The number of rotatable bonds is 6. The molecular formula is C11H18O3. The van der Waals surface area contributed by atoms with Gasteiger partial charge in [-0.05, 0) is 20.8 Å². The second kappa shape index (κ2) is 7.30. The lowest BCUT2D eigenvalue weighted by atomic mass is 10.1. The van der Waals surface area contributed by atoms with Crippen molar-refractivity contribution < 1.29 is 14.3 Å². The zero-order valence-electron chi connectivity index (χ0n) is 9.13. The second-order valence-electron chi connectivity index (χ2n) is 3.33. The normalized spacial score (nSPS) is 9.36. The predicted molar refractivity (Wildman–Crippen MR) is 54.9 cm³/mol. The summed E-state index contributed by atoms with van der Waals surface area (Å²) < 4.78 is 4.71. The van der Waals surface area contributed by atoms with E-state index >= 15 is 0 Å². The predicted octanol–water partition coefficient (Wildman–Crippen LogP) is 2.26. The molecule has 0 heterocycles. The molecule has 0 aromatic heterocycles. The second-order valence-corrected chi connectivity index (χ2v) is 3.33. The van der Waals surface area contributed by atoms with E-state index in [4.69, 9.17) is 4.74 Å². The van der Waals surface area contributed by atoms with Gasteiger partial charge >= 0.3 is 5.97 Å². The molecule has 0 saturated carbocycles. The van der Waals surface area contributed by atoms with E-state index in [1.165, 1.54) is 0 Å². The summed E-state index contributed by atoms with van der Waals surface area (Å²) in [5, 5.41) is 0. The average molecular weight is 198 g/mol. The lowest BCUT2D eigenvalue weighted by molar-refractivity contribution is -0.144. The molecule has 14 heavy (non-hydrogen) atoms. The molecule has 0 fully saturated rings. The summed E-state index contributed by atoms with van der Waals surface area (Å²) in [6.07, 6.45) is 2.76. The van der Waals surface area contributed by atoms with Crippen molar-refractivity contribution in [1.29, 1.82) is 0 Å². The molecule has 0 radical (unpaired) electrons. The molecule has 0 aliphatic rings.